The molecule has 0 saturated heterocycles. The molecular weight excluding hydrogens is 168 g/mol. The van der Waals surface area contributed by atoms with Gasteiger partial charge in [0.15, 0.2) is 5.89 Å². The van der Waals surface area contributed by atoms with E-state index in [2.05, 4.69) is 16.9 Å². The van der Waals surface area contributed by atoms with Crippen LogP contribution in [0.15, 0.2) is 27.5 Å². The number of aryl methyl sites for hydroxylation is 1. The molecular formula is C9H10N2O2. The molecule has 0 aromatic carbocycles. The summed E-state index contributed by atoms with van der Waals surface area (Å²) in [5.74, 6) is 1.80. The van der Waals surface area contributed by atoms with Crippen LogP contribution >= 0.6 is 0 Å². The van der Waals surface area contributed by atoms with E-state index in [0.29, 0.717) is 11.7 Å². The van der Waals surface area contributed by atoms with Crippen LogP contribution in [0.4, 0.5) is 0 Å². The molecule has 68 valence electrons. The lowest BCUT2D eigenvalue weighted by Crippen LogP contribution is -1.79. The number of hydrogen-bond acceptors (Lipinski definition) is 4. The highest BCUT2D eigenvalue weighted by Gasteiger charge is 2.08. The Balaban J connectivity index is 2.23. The second-order valence-corrected chi connectivity index (χ2v) is 2.71. The Morgan fingerprint density at radius 3 is 3.00 bits per heavy atom. The first-order valence-electron chi connectivity index (χ1n) is 4.24. The molecule has 4 heteroatoms. The molecule has 2 aromatic rings. The molecule has 0 unspecified atom stereocenters. The van der Waals surface area contributed by atoms with E-state index in [1.54, 1.807) is 12.4 Å². The minimum absolute atomic E-state index is 0.481. The van der Waals surface area contributed by atoms with E-state index >= 15 is 0 Å². The van der Waals surface area contributed by atoms with Crippen LogP contribution in [0, 0.1) is 0 Å². The standard InChI is InChI=1S/C9H10N2O2/c1-2-3-8-11-6-7(13-8)9-10-4-5-12-9/h4-6H,2-3H2,1H3. The van der Waals surface area contributed by atoms with Crippen molar-refractivity contribution in [1.29, 1.82) is 0 Å². The van der Waals surface area contributed by atoms with Gasteiger partial charge >= 0.3 is 0 Å². The molecule has 2 heterocycles. The maximum absolute atomic E-state index is 5.40. The molecule has 0 aliphatic rings. The van der Waals surface area contributed by atoms with Crippen molar-refractivity contribution < 1.29 is 8.83 Å². The number of hydrogen-bond donors (Lipinski definition) is 0. The Morgan fingerprint density at radius 2 is 2.31 bits per heavy atom. The summed E-state index contributed by atoms with van der Waals surface area (Å²) in [7, 11) is 0. The van der Waals surface area contributed by atoms with E-state index in [9.17, 15) is 0 Å². The van der Waals surface area contributed by atoms with Crippen molar-refractivity contribution in [3.05, 3.63) is 24.5 Å². The number of nitrogens with zero attached hydrogens (tertiary/aromatic N) is 2. The van der Waals surface area contributed by atoms with Crippen molar-refractivity contribution in [2.75, 3.05) is 0 Å². The smallest absolute Gasteiger partial charge is 0.264 e. The summed E-state index contributed by atoms with van der Waals surface area (Å²) < 4.78 is 10.5. The number of rotatable bonds is 3. The summed E-state index contributed by atoms with van der Waals surface area (Å²) in [6.07, 6.45) is 6.60. The Morgan fingerprint density at radius 1 is 1.38 bits per heavy atom. The fraction of sp³-hybridized carbons (Fsp3) is 0.333. The average molecular weight is 178 g/mol. The van der Waals surface area contributed by atoms with Gasteiger partial charge in [0.1, 0.15) is 6.26 Å². The zero-order valence-corrected chi connectivity index (χ0v) is 7.36. The van der Waals surface area contributed by atoms with Gasteiger partial charge in [-0.05, 0) is 6.42 Å². The van der Waals surface area contributed by atoms with Crippen molar-refractivity contribution in [1.82, 2.24) is 9.97 Å². The average Bonchev–Trinajstić information content (AvgIpc) is 2.70. The van der Waals surface area contributed by atoms with Gasteiger partial charge in [-0.1, -0.05) is 6.92 Å². The van der Waals surface area contributed by atoms with E-state index in [0.717, 1.165) is 18.7 Å². The van der Waals surface area contributed by atoms with Crippen LogP contribution in [0.3, 0.4) is 0 Å². The van der Waals surface area contributed by atoms with E-state index in [1.165, 1.54) is 6.26 Å². The highest BCUT2D eigenvalue weighted by atomic mass is 16.4. The molecule has 0 N–H and O–H groups in total. The number of aromatic nitrogens is 2. The minimum atomic E-state index is 0.481. The third-order valence-corrected chi connectivity index (χ3v) is 1.66. The van der Waals surface area contributed by atoms with Crippen LogP contribution in [0.2, 0.25) is 0 Å². The predicted octanol–water partition coefficient (Wildman–Crippen LogP) is 2.28. The molecule has 0 bridgehead atoms. The molecule has 0 spiro atoms. The normalized spacial score (nSPS) is 10.5. The van der Waals surface area contributed by atoms with Crippen LogP contribution in [0.5, 0.6) is 0 Å². The summed E-state index contributed by atoms with van der Waals surface area (Å²) in [5, 5.41) is 0. The molecule has 0 atom stereocenters. The maximum Gasteiger partial charge on any atom is 0.264 e. The van der Waals surface area contributed by atoms with Crippen molar-refractivity contribution in [3.63, 3.8) is 0 Å². The minimum Gasteiger partial charge on any atom is -0.442 e. The lowest BCUT2D eigenvalue weighted by Gasteiger charge is -1.88. The van der Waals surface area contributed by atoms with Crippen molar-refractivity contribution in [3.8, 4) is 11.7 Å². The summed E-state index contributed by atoms with van der Waals surface area (Å²) in [6, 6.07) is 0. The first-order valence-corrected chi connectivity index (χ1v) is 4.24. The lowest BCUT2D eigenvalue weighted by atomic mass is 10.3. The van der Waals surface area contributed by atoms with Gasteiger partial charge in [0.25, 0.3) is 5.89 Å². The quantitative estimate of drug-likeness (QED) is 0.723. The van der Waals surface area contributed by atoms with Crippen LogP contribution in [0.1, 0.15) is 19.2 Å². The van der Waals surface area contributed by atoms with Gasteiger partial charge in [-0.25, -0.2) is 9.97 Å². The second kappa shape index (κ2) is 3.43. The van der Waals surface area contributed by atoms with Gasteiger partial charge in [0.05, 0.1) is 12.4 Å². The SMILES string of the molecule is CCCc1ncc(-c2ncco2)o1. The van der Waals surface area contributed by atoms with E-state index < -0.39 is 0 Å². The van der Waals surface area contributed by atoms with Crippen LogP contribution in [0.25, 0.3) is 11.7 Å². The van der Waals surface area contributed by atoms with Gasteiger partial charge in [0, 0.05) is 6.42 Å². The highest BCUT2D eigenvalue weighted by molar-refractivity contribution is 5.41. The first kappa shape index (κ1) is 8.04. The van der Waals surface area contributed by atoms with Gasteiger partial charge in [-0.15, -0.1) is 0 Å². The lowest BCUT2D eigenvalue weighted by molar-refractivity contribution is 0.475. The summed E-state index contributed by atoms with van der Waals surface area (Å²) in [6.45, 7) is 2.08. The fourth-order valence-electron chi connectivity index (χ4n) is 1.08. The molecule has 4 nitrogen and oxygen atoms in total. The van der Waals surface area contributed by atoms with Gasteiger partial charge < -0.3 is 8.83 Å². The molecule has 2 aromatic heterocycles. The third kappa shape index (κ3) is 1.61. The second-order valence-electron chi connectivity index (χ2n) is 2.71. The molecule has 2 rings (SSSR count). The van der Waals surface area contributed by atoms with Crippen LogP contribution in [-0.2, 0) is 6.42 Å². The van der Waals surface area contributed by atoms with Crippen molar-refractivity contribution >= 4 is 0 Å². The summed E-state index contributed by atoms with van der Waals surface area (Å²) >= 11 is 0. The molecule has 0 radical (unpaired) electrons. The summed E-state index contributed by atoms with van der Waals surface area (Å²) in [5.41, 5.74) is 0. The third-order valence-electron chi connectivity index (χ3n) is 1.66. The zero-order chi connectivity index (χ0) is 9.10. The Hall–Kier alpha value is -1.58. The van der Waals surface area contributed by atoms with Crippen LogP contribution in [-0.4, -0.2) is 9.97 Å². The fourth-order valence-corrected chi connectivity index (χ4v) is 1.08. The summed E-state index contributed by atoms with van der Waals surface area (Å²) in [4.78, 5) is 8.05. The van der Waals surface area contributed by atoms with Gasteiger partial charge in [-0.3, -0.25) is 0 Å². The van der Waals surface area contributed by atoms with Crippen LogP contribution < -0.4 is 0 Å². The monoisotopic (exact) mass is 178 g/mol. The topological polar surface area (TPSA) is 52.1 Å². The molecule has 0 amide bonds. The molecule has 0 aliphatic carbocycles. The molecule has 0 fully saturated rings. The van der Waals surface area contributed by atoms with Crippen molar-refractivity contribution in [2.24, 2.45) is 0 Å². The predicted molar refractivity (Wildman–Crippen MR) is 46.0 cm³/mol. The first-order chi connectivity index (χ1) is 6.40. The largest absolute Gasteiger partial charge is 0.442 e. The Bertz CT molecular complexity index is 365. The number of oxazole rings is 2. The Kier molecular flexibility index (Phi) is 2.12. The highest BCUT2D eigenvalue weighted by Crippen LogP contribution is 2.18. The van der Waals surface area contributed by atoms with E-state index in [4.69, 9.17) is 8.83 Å². The zero-order valence-electron chi connectivity index (χ0n) is 7.36. The molecule has 0 aliphatic heterocycles. The maximum atomic E-state index is 5.40. The van der Waals surface area contributed by atoms with Crippen molar-refractivity contribution in [2.45, 2.75) is 19.8 Å². The van der Waals surface area contributed by atoms with E-state index in [-0.39, 0.29) is 0 Å². The molecule has 13 heavy (non-hydrogen) atoms. The Labute approximate surface area is 75.6 Å². The van der Waals surface area contributed by atoms with Gasteiger partial charge in [-0.2, -0.15) is 0 Å². The van der Waals surface area contributed by atoms with E-state index in [1.807, 2.05) is 0 Å². The van der Waals surface area contributed by atoms with Gasteiger partial charge in [0.2, 0.25) is 5.76 Å². The molecule has 0 saturated carbocycles.